The van der Waals surface area contributed by atoms with Crippen LogP contribution in [0.4, 0.5) is 0 Å². The Labute approximate surface area is 537 Å². The number of rotatable bonds is 73. The molecule has 0 aromatic carbocycles. The fraction of sp³-hybridized carbons (Fsp3) is 0.875. The monoisotopic (exact) mass is 1210 g/mol. The summed E-state index contributed by atoms with van der Waals surface area (Å²) in [6.07, 6.45) is 99.3. The molecule has 0 fully saturated rings. The van der Waals surface area contributed by atoms with Gasteiger partial charge in [-0.05, 0) is 89.9 Å². The Kier molecular flexibility index (Phi) is 73.4. The van der Waals surface area contributed by atoms with Crippen LogP contribution in [0.1, 0.15) is 425 Å². The molecule has 86 heavy (non-hydrogen) atoms. The van der Waals surface area contributed by atoms with Gasteiger partial charge in [-0.25, -0.2) is 0 Å². The summed E-state index contributed by atoms with van der Waals surface area (Å²) in [6, 6.07) is -0.629. The molecule has 0 rings (SSSR count). The molecule has 0 saturated carbocycles. The van der Waals surface area contributed by atoms with Crippen LogP contribution in [0.15, 0.2) is 48.6 Å². The standard InChI is InChI=1S/C80H151NO5/c1-3-5-7-9-11-13-15-17-19-21-22-23-31-34-37-41-44-48-52-56-60-64-68-72-78(83)77(76-82)81-79(84)73-69-65-61-57-53-49-45-42-38-35-32-29-27-25-24-26-28-30-33-36-39-43-47-51-55-59-63-67-71-75-86-80(85)74-70-66-62-58-54-50-46-40-20-18-16-14-12-10-8-6-4-2/h12,14,18,20,24,26,68,72,77-78,82-83H,3-11,13,15-17,19,21-23,25,27-67,69-71,73-76H2,1-2H3,(H,81,84)/b14-12-,20-18-,26-24-,72-68+. The maximum Gasteiger partial charge on any atom is 0.305 e. The number of unbranched alkanes of at least 4 members (excludes halogenated alkanes) is 56. The molecule has 0 aromatic heterocycles. The smallest absolute Gasteiger partial charge is 0.305 e. The molecule has 0 heterocycles. The van der Waals surface area contributed by atoms with Crippen molar-refractivity contribution in [3.05, 3.63) is 48.6 Å². The minimum Gasteiger partial charge on any atom is -0.466 e. The Morgan fingerprint density at radius 2 is 0.581 bits per heavy atom. The number of aliphatic hydroxyl groups excluding tert-OH is 2. The Morgan fingerprint density at radius 3 is 0.919 bits per heavy atom. The molecule has 0 spiro atoms. The number of allylic oxidation sites excluding steroid dienone is 7. The molecule has 0 radical (unpaired) electrons. The molecule has 506 valence electrons. The number of nitrogens with one attached hydrogen (secondary N) is 1. The molecule has 2 atom stereocenters. The van der Waals surface area contributed by atoms with Gasteiger partial charge in [0.15, 0.2) is 0 Å². The van der Waals surface area contributed by atoms with Gasteiger partial charge in [0.25, 0.3) is 0 Å². The van der Waals surface area contributed by atoms with Gasteiger partial charge in [-0.3, -0.25) is 9.59 Å². The van der Waals surface area contributed by atoms with Crippen LogP contribution in [0.3, 0.4) is 0 Å². The van der Waals surface area contributed by atoms with Crippen molar-refractivity contribution in [1.29, 1.82) is 0 Å². The van der Waals surface area contributed by atoms with Crippen LogP contribution in [-0.2, 0) is 14.3 Å². The number of esters is 1. The van der Waals surface area contributed by atoms with Gasteiger partial charge in [-0.2, -0.15) is 0 Å². The minimum absolute atomic E-state index is 0.00887. The zero-order valence-corrected chi connectivity index (χ0v) is 58.1. The first-order chi connectivity index (χ1) is 42.5. The largest absolute Gasteiger partial charge is 0.466 e. The quantitative estimate of drug-likeness (QED) is 0.0320. The van der Waals surface area contributed by atoms with Gasteiger partial charge in [0.1, 0.15) is 0 Å². The van der Waals surface area contributed by atoms with Crippen molar-refractivity contribution >= 4 is 11.9 Å². The zero-order chi connectivity index (χ0) is 62.0. The van der Waals surface area contributed by atoms with Crippen molar-refractivity contribution in [1.82, 2.24) is 5.32 Å². The minimum atomic E-state index is -0.846. The molecule has 1 amide bonds. The van der Waals surface area contributed by atoms with Crippen molar-refractivity contribution < 1.29 is 24.5 Å². The second-order valence-electron chi connectivity index (χ2n) is 26.7. The van der Waals surface area contributed by atoms with E-state index in [0.29, 0.717) is 19.4 Å². The fourth-order valence-corrected chi connectivity index (χ4v) is 12.1. The van der Waals surface area contributed by atoms with Gasteiger partial charge in [-0.15, -0.1) is 0 Å². The highest BCUT2D eigenvalue weighted by atomic mass is 16.5. The summed E-state index contributed by atoms with van der Waals surface area (Å²) < 4.78 is 5.50. The lowest BCUT2D eigenvalue weighted by Crippen LogP contribution is -2.45. The van der Waals surface area contributed by atoms with Crippen LogP contribution in [0.2, 0.25) is 0 Å². The van der Waals surface area contributed by atoms with Crippen molar-refractivity contribution in [3.8, 4) is 0 Å². The van der Waals surface area contributed by atoms with E-state index in [-0.39, 0.29) is 18.5 Å². The predicted octanol–water partition coefficient (Wildman–Crippen LogP) is 25.6. The summed E-state index contributed by atoms with van der Waals surface area (Å²) in [5.74, 6) is -0.0541. The number of hydrogen-bond acceptors (Lipinski definition) is 5. The molecule has 2 unspecified atom stereocenters. The van der Waals surface area contributed by atoms with E-state index >= 15 is 0 Å². The molecule has 6 heteroatoms. The Balaban J connectivity index is 3.40. The maximum atomic E-state index is 12.5. The van der Waals surface area contributed by atoms with Gasteiger partial charge in [0, 0.05) is 12.8 Å². The lowest BCUT2D eigenvalue weighted by Gasteiger charge is -2.20. The first kappa shape index (κ1) is 83.8. The number of aliphatic hydroxyl groups is 2. The molecule has 0 aliphatic rings. The van der Waals surface area contributed by atoms with E-state index in [4.69, 9.17) is 4.74 Å². The summed E-state index contributed by atoms with van der Waals surface area (Å²) in [4.78, 5) is 24.6. The summed E-state index contributed by atoms with van der Waals surface area (Å²) in [5, 5.41) is 23.3. The lowest BCUT2D eigenvalue weighted by atomic mass is 10.0. The molecule has 0 aliphatic heterocycles. The Morgan fingerprint density at radius 1 is 0.326 bits per heavy atom. The van der Waals surface area contributed by atoms with Crippen LogP contribution < -0.4 is 5.32 Å². The molecule has 0 aromatic rings. The summed E-state index contributed by atoms with van der Waals surface area (Å²) in [5.41, 5.74) is 0. The van der Waals surface area contributed by atoms with E-state index in [1.807, 2.05) is 6.08 Å². The van der Waals surface area contributed by atoms with Crippen molar-refractivity contribution in [2.45, 2.75) is 437 Å². The SMILES string of the molecule is CCCCC/C=C\C/C=C\CCCCCCCCCC(=O)OCCCCCCCCCCCCCC/C=C\CCCCCCCCCCCCCCCC(=O)NC(CO)C(O)/C=C/CCCCCCCCCCCCCCCCCCCCCCC. The first-order valence-electron chi connectivity index (χ1n) is 38.9. The Hall–Kier alpha value is -2.18. The molecule has 0 bridgehead atoms. The first-order valence-corrected chi connectivity index (χ1v) is 38.9. The van der Waals surface area contributed by atoms with E-state index in [2.05, 4.69) is 55.6 Å². The van der Waals surface area contributed by atoms with E-state index in [1.54, 1.807) is 6.08 Å². The van der Waals surface area contributed by atoms with Gasteiger partial charge >= 0.3 is 5.97 Å². The highest BCUT2D eigenvalue weighted by Gasteiger charge is 2.18. The van der Waals surface area contributed by atoms with Gasteiger partial charge in [-0.1, -0.05) is 371 Å². The molecular weight excluding hydrogens is 1050 g/mol. The van der Waals surface area contributed by atoms with E-state index in [9.17, 15) is 19.8 Å². The average molecular weight is 1210 g/mol. The van der Waals surface area contributed by atoms with Crippen molar-refractivity contribution in [3.63, 3.8) is 0 Å². The maximum absolute atomic E-state index is 12.5. The summed E-state index contributed by atoms with van der Waals surface area (Å²) in [7, 11) is 0. The van der Waals surface area contributed by atoms with Crippen molar-refractivity contribution in [2.24, 2.45) is 0 Å². The molecule has 6 nitrogen and oxygen atoms in total. The summed E-state index contributed by atoms with van der Waals surface area (Å²) in [6.45, 7) is 4.92. The third kappa shape index (κ3) is 70.9. The van der Waals surface area contributed by atoms with Gasteiger partial charge in [0.2, 0.25) is 5.91 Å². The van der Waals surface area contributed by atoms with Crippen LogP contribution in [0.5, 0.6) is 0 Å². The van der Waals surface area contributed by atoms with Crippen molar-refractivity contribution in [2.75, 3.05) is 13.2 Å². The highest BCUT2D eigenvalue weighted by Crippen LogP contribution is 2.19. The molecule has 3 N–H and O–H groups in total. The van der Waals surface area contributed by atoms with Gasteiger partial charge < -0.3 is 20.3 Å². The molecule has 0 saturated heterocycles. The topological polar surface area (TPSA) is 95.9 Å². The normalized spacial score (nSPS) is 12.7. The third-order valence-corrected chi connectivity index (χ3v) is 18.1. The van der Waals surface area contributed by atoms with E-state index in [0.717, 1.165) is 51.4 Å². The van der Waals surface area contributed by atoms with E-state index in [1.165, 1.54) is 347 Å². The highest BCUT2D eigenvalue weighted by molar-refractivity contribution is 5.76. The second kappa shape index (κ2) is 75.3. The number of carbonyl (C=O) groups is 2. The number of ether oxygens (including phenoxy) is 1. The number of amides is 1. The van der Waals surface area contributed by atoms with E-state index < -0.39 is 12.1 Å². The predicted molar refractivity (Wildman–Crippen MR) is 379 cm³/mol. The number of carbonyl (C=O) groups excluding carboxylic acids is 2. The molecular formula is C80H151NO5. The van der Waals surface area contributed by atoms with Gasteiger partial charge in [0.05, 0.1) is 25.4 Å². The second-order valence-corrected chi connectivity index (χ2v) is 26.7. The van der Waals surface area contributed by atoms with Crippen LogP contribution in [-0.4, -0.2) is 47.4 Å². The van der Waals surface area contributed by atoms with Crippen LogP contribution in [0, 0.1) is 0 Å². The zero-order valence-electron chi connectivity index (χ0n) is 58.1. The Bertz CT molecular complexity index is 1440. The fourth-order valence-electron chi connectivity index (χ4n) is 12.1. The average Bonchev–Trinajstić information content (AvgIpc) is 3.54. The lowest BCUT2D eigenvalue weighted by molar-refractivity contribution is -0.143. The van der Waals surface area contributed by atoms with Crippen LogP contribution >= 0.6 is 0 Å². The summed E-state index contributed by atoms with van der Waals surface area (Å²) >= 11 is 0. The van der Waals surface area contributed by atoms with Crippen LogP contribution in [0.25, 0.3) is 0 Å². The molecule has 0 aliphatic carbocycles. The number of hydrogen-bond donors (Lipinski definition) is 3. The third-order valence-electron chi connectivity index (χ3n) is 18.1.